The third-order valence-electron chi connectivity index (χ3n) is 4.89. The Morgan fingerprint density at radius 2 is 2.28 bits per heavy atom. The van der Waals surface area contributed by atoms with Crippen LogP contribution in [0, 0.1) is 17.2 Å². The number of ether oxygens (including phenoxy) is 1. The van der Waals surface area contributed by atoms with E-state index in [4.69, 9.17) is 16.3 Å². The Bertz CT molecular complexity index is 712. The second-order valence-electron chi connectivity index (χ2n) is 7.87. The molecule has 1 aromatic rings. The Labute approximate surface area is 153 Å². The van der Waals surface area contributed by atoms with E-state index in [1.807, 2.05) is 31.8 Å². The minimum atomic E-state index is -0.571. The van der Waals surface area contributed by atoms with E-state index >= 15 is 0 Å². The fraction of sp³-hybridized carbons (Fsp3) is 0.611. The third-order valence-corrected chi connectivity index (χ3v) is 5.10. The largest absolute Gasteiger partial charge is 0.443 e. The number of hydrazine groups is 1. The molecule has 2 fully saturated rings. The highest BCUT2D eigenvalue weighted by Crippen LogP contribution is 2.51. The number of amides is 1. The van der Waals surface area contributed by atoms with Crippen LogP contribution in [0.4, 0.5) is 4.79 Å². The first kappa shape index (κ1) is 18.0. The molecular weight excluding hydrogens is 340 g/mol. The van der Waals surface area contributed by atoms with Crippen molar-refractivity contribution in [3.05, 3.63) is 29.0 Å². The van der Waals surface area contributed by atoms with Crippen molar-refractivity contribution < 1.29 is 9.53 Å². The molecule has 7 heteroatoms. The van der Waals surface area contributed by atoms with E-state index in [9.17, 15) is 10.1 Å². The van der Waals surface area contributed by atoms with Crippen LogP contribution in [0.5, 0.6) is 0 Å². The number of fused-ring (bicyclic) bond motifs is 2. The van der Waals surface area contributed by atoms with Gasteiger partial charge in [-0.05, 0) is 58.1 Å². The summed E-state index contributed by atoms with van der Waals surface area (Å²) in [4.78, 5) is 16.6. The molecule has 2 bridgehead atoms. The number of hydrogen-bond acceptors (Lipinski definition) is 5. The Morgan fingerprint density at radius 1 is 1.52 bits per heavy atom. The smallest absolute Gasteiger partial charge is 0.422 e. The third kappa shape index (κ3) is 3.58. The van der Waals surface area contributed by atoms with Crippen LogP contribution in [0.2, 0.25) is 5.02 Å². The Balaban J connectivity index is 1.93. The summed E-state index contributed by atoms with van der Waals surface area (Å²) >= 11 is 6.15. The highest BCUT2D eigenvalue weighted by atomic mass is 35.5. The summed E-state index contributed by atoms with van der Waals surface area (Å²) in [6, 6.07) is 4.38. The van der Waals surface area contributed by atoms with E-state index in [0.717, 1.165) is 24.8 Å². The van der Waals surface area contributed by atoms with E-state index in [1.54, 1.807) is 12.4 Å². The van der Waals surface area contributed by atoms with Crippen molar-refractivity contribution in [1.29, 1.82) is 5.26 Å². The fourth-order valence-corrected chi connectivity index (χ4v) is 4.18. The van der Waals surface area contributed by atoms with Gasteiger partial charge < -0.3 is 4.74 Å². The van der Waals surface area contributed by atoms with Crippen LogP contribution in [0.15, 0.2) is 18.5 Å². The lowest BCUT2D eigenvalue weighted by Gasteiger charge is -2.46. The lowest BCUT2D eigenvalue weighted by atomic mass is 9.79. The number of nitrogens with one attached hydrogen (secondary N) is 1. The van der Waals surface area contributed by atoms with Crippen molar-refractivity contribution in [3.63, 3.8) is 0 Å². The molecule has 3 atom stereocenters. The van der Waals surface area contributed by atoms with Crippen LogP contribution >= 0.6 is 11.6 Å². The molecule has 134 valence electrons. The molecule has 1 amide bonds. The van der Waals surface area contributed by atoms with E-state index in [1.165, 1.54) is 0 Å². The molecule has 3 heterocycles. The van der Waals surface area contributed by atoms with Gasteiger partial charge >= 0.3 is 6.09 Å². The maximum absolute atomic E-state index is 12.4. The zero-order chi connectivity index (χ0) is 18.2. The van der Waals surface area contributed by atoms with Crippen LogP contribution in [0.25, 0.3) is 0 Å². The maximum atomic E-state index is 12.4. The Hall–Kier alpha value is -1.84. The number of hydrogen-bond donors (Lipinski definition) is 1. The van der Waals surface area contributed by atoms with Crippen molar-refractivity contribution in [3.8, 4) is 6.07 Å². The molecule has 1 aromatic heterocycles. The van der Waals surface area contributed by atoms with Gasteiger partial charge in [0.2, 0.25) is 0 Å². The zero-order valence-corrected chi connectivity index (χ0v) is 15.5. The van der Waals surface area contributed by atoms with Crippen LogP contribution in [-0.4, -0.2) is 27.7 Å². The van der Waals surface area contributed by atoms with Gasteiger partial charge in [-0.15, -0.1) is 0 Å². The summed E-state index contributed by atoms with van der Waals surface area (Å²) in [6.45, 7) is 5.50. The van der Waals surface area contributed by atoms with Crippen LogP contribution in [-0.2, 0) is 10.3 Å². The molecule has 0 spiro atoms. The molecule has 0 radical (unpaired) electrons. The molecule has 2 aliphatic heterocycles. The summed E-state index contributed by atoms with van der Waals surface area (Å²) in [6.07, 6.45) is 6.00. The zero-order valence-electron chi connectivity index (χ0n) is 14.8. The number of aromatic nitrogens is 1. The predicted octanol–water partition coefficient (Wildman–Crippen LogP) is 3.77. The molecule has 6 nitrogen and oxygen atoms in total. The van der Waals surface area contributed by atoms with Gasteiger partial charge in [-0.2, -0.15) is 5.26 Å². The average Bonchev–Trinajstić information content (AvgIpc) is 2.73. The molecule has 25 heavy (non-hydrogen) atoms. The fourth-order valence-electron chi connectivity index (χ4n) is 4.01. The van der Waals surface area contributed by atoms with E-state index in [2.05, 4.69) is 16.5 Å². The molecule has 0 aromatic carbocycles. The summed E-state index contributed by atoms with van der Waals surface area (Å²) in [7, 11) is 0. The number of carbonyl (C=O) groups excluding carboxylic acids is 1. The first-order valence-corrected chi connectivity index (χ1v) is 8.91. The number of nitrogens with zero attached hydrogens (tertiary/aromatic N) is 3. The Kier molecular flexibility index (Phi) is 4.65. The van der Waals surface area contributed by atoms with Crippen molar-refractivity contribution in [1.82, 2.24) is 15.4 Å². The second-order valence-corrected chi connectivity index (χ2v) is 8.30. The lowest BCUT2D eigenvalue weighted by Crippen LogP contribution is -2.59. The van der Waals surface area contributed by atoms with Gasteiger partial charge in [0.25, 0.3) is 0 Å². The Morgan fingerprint density at radius 3 is 2.92 bits per heavy atom. The van der Waals surface area contributed by atoms with Crippen LogP contribution in [0.3, 0.4) is 0 Å². The topological polar surface area (TPSA) is 78.2 Å². The van der Waals surface area contributed by atoms with Crippen LogP contribution in [0.1, 0.15) is 52.0 Å². The van der Waals surface area contributed by atoms with Gasteiger partial charge in [0, 0.05) is 18.4 Å². The summed E-state index contributed by atoms with van der Waals surface area (Å²) in [5.41, 5.74) is 2.82. The summed E-state index contributed by atoms with van der Waals surface area (Å²) in [5, 5.41) is 12.0. The van der Waals surface area contributed by atoms with Crippen molar-refractivity contribution in [2.45, 2.75) is 63.6 Å². The van der Waals surface area contributed by atoms with Crippen molar-refractivity contribution in [2.75, 3.05) is 0 Å². The van der Waals surface area contributed by atoms with Gasteiger partial charge in [0.15, 0.2) is 0 Å². The first-order valence-electron chi connectivity index (χ1n) is 8.53. The van der Waals surface area contributed by atoms with Crippen LogP contribution < -0.4 is 5.43 Å². The molecular formula is C18H23ClN4O2. The SMILES string of the molecule is CC(C)(C)OC(=O)NN1C2CCC1(c1cncc(Cl)c1)CC(C#N)C2. The quantitative estimate of drug-likeness (QED) is 0.866. The molecule has 3 rings (SSSR count). The minimum absolute atomic E-state index is 0.0526. The number of pyridine rings is 1. The number of carbonyl (C=O) groups is 1. The molecule has 1 N–H and O–H groups in total. The molecule has 3 unspecified atom stereocenters. The number of piperidine rings is 1. The minimum Gasteiger partial charge on any atom is -0.443 e. The second kappa shape index (κ2) is 6.47. The lowest BCUT2D eigenvalue weighted by molar-refractivity contribution is -0.0298. The van der Waals surface area contributed by atoms with E-state index in [-0.39, 0.29) is 12.0 Å². The van der Waals surface area contributed by atoms with Crippen molar-refractivity contribution in [2.24, 2.45) is 5.92 Å². The highest BCUT2D eigenvalue weighted by molar-refractivity contribution is 6.30. The molecule has 2 saturated heterocycles. The monoisotopic (exact) mass is 362 g/mol. The molecule has 0 saturated carbocycles. The first-order chi connectivity index (χ1) is 11.7. The standard InChI is InChI=1S/C18H23ClN4O2/c1-17(2,3)25-16(24)22-23-15-4-5-18(23,8-12(6-15)9-20)13-7-14(19)11-21-10-13/h7,10-12,15H,4-6,8H2,1-3H3,(H,22,24). The van der Waals surface area contributed by atoms with Crippen molar-refractivity contribution >= 4 is 17.7 Å². The van der Waals surface area contributed by atoms with E-state index in [0.29, 0.717) is 11.4 Å². The normalized spacial score (nSPS) is 29.1. The molecule has 0 aliphatic carbocycles. The number of nitriles is 1. The maximum Gasteiger partial charge on any atom is 0.422 e. The number of rotatable bonds is 2. The average molecular weight is 363 g/mol. The van der Waals surface area contributed by atoms with E-state index < -0.39 is 17.2 Å². The highest BCUT2D eigenvalue weighted by Gasteiger charge is 2.54. The van der Waals surface area contributed by atoms with Gasteiger partial charge in [0.1, 0.15) is 5.60 Å². The van der Waals surface area contributed by atoms with Gasteiger partial charge in [-0.1, -0.05) is 11.6 Å². The van der Waals surface area contributed by atoms with Gasteiger partial charge in [-0.25, -0.2) is 9.80 Å². The van der Waals surface area contributed by atoms with Gasteiger partial charge in [-0.3, -0.25) is 10.4 Å². The molecule has 2 aliphatic rings. The predicted molar refractivity (Wildman–Crippen MR) is 93.5 cm³/mol. The summed E-state index contributed by atoms with van der Waals surface area (Å²) in [5.74, 6) is -0.0526. The summed E-state index contributed by atoms with van der Waals surface area (Å²) < 4.78 is 5.42. The number of halogens is 1. The van der Waals surface area contributed by atoms with Gasteiger partial charge in [0.05, 0.1) is 22.5 Å².